The number of unbranched alkanes of at least 4 members (excludes halogenated alkanes) is 2. The molecule has 0 radical (unpaired) electrons. The zero-order chi connectivity index (χ0) is 19.8. The second-order valence-corrected chi connectivity index (χ2v) is 6.90. The van der Waals surface area contributed by atoms with E-state index in [9.17, 15) is 9.59 Å². The maximum Gasteiger partial charge on any atom is 0.322 e. The van der Waals surface area contributed by atoms with Crippen LogP contribution in [0, 0.1) is 6.92 Å². The summed E-state index contributed by atoms with van der Waals surface area (Å²) in [6, 6.07) is 5.98. The number of anilines is 2. The van der Waals surface area contributed by atoms with Gasteiger partial charge in [-0.3, -0.25) is 4.79 Å². The Bertz CT molecular complexity index is 795. The van der Waals surface area contributed by atoms with E-state index >= 15 is 0 Å². The molecule has 9 heteroatoms. The third kappa shape index (κ3) is 6.77. The molecule has 0 unspecified atom stereocenters. The highest BCUT2D eigenvalue weighted by Gasteiger charge is 2.19. The van der Waals surface area contributed by atoms with Crippen LogP contribution in [-0.2, 0) is 4.79 Å². The van der Waals surface area contributed by atoms with Crippen molar-refractivity contribution in [2.75, 3.05) is 23.7 Å². The zero-order valence-corrected chi connectivity index (χ0v) is 16.7. The van der Waals surface area contributed by atoms with Gasteiger partial charge in [-0.25, -0.2) is 4.79 Å². The minimum atomic E-state index is -0.415. The topological polar surface area (TPSA) is 87.5 Å². The average molecular weight is 413 g/mol. The Morgan fingerprint density at radius 2 is 1.96 bits per heavy atom. The molecule has 1 aromatic heterocycles. The van der Waals surface area contributed by atoms with Gasteiger partial charge in [0.25, 0.3) is 0 Å². The van der Waals surface area contributed by atoms with Crippen molar-refractivity contribution in [1.82, 2.24) is 10.1 Å². The molecule has 0 fully saturated rings. The zero-order valence-electron chi connectivity index (χ0n) is 15.2. The third-order valence-electron chi connectivity index (χ3n) is 3.72. The van der Waals surface area contributed by atoms with E-state index in [2.05, 4.69) is 22.7 Å². The van der Waals surface area contributed by atoms with Crippen LogP contribution in [0.2, 0.25) is 10.0 Å². The Morgan fingerprint density at radius 3 is 2.59 bits per heavy atom. The number of nitrogens with zero attached hydrogens (tertiary/aromatic N) is 2. The van der Waals surface area contributed by atoms with Gasteiger partial charge in [-0.2, -0.15) is 0 Å². The first kappa shape index (κ1) is 21.1. The molecule has 0 aliphatic rings. The second kappa shape index (κ2) is 10.2. The molecule has 2 aromatic rings. The molecular weight excluding hydrogens is 391 g/mol. The van der Waals surface area contributed by atoms with Crippen LogP contribution in [0.1, 0.15) is 31.9 Å². The molecule has 0 bridgehead atoms. The van der Waals surface area contributed by atoms with Crippen molar-refractivity contribution in [1.29, 1.82) is 0 Å². The summed E-state index contributed by atoms with van der Waals surface area (Å²) in [4.78, 5) is 26.4. The Kier molecular flexibility index (Phi) is 7.94. The molecule has 7 nitrogen and oxygen atoms in total. The summed E-state index contributed by atoms with van der Waals surface area (Å²) < 4.78 is 4.92. The fraction of sp³-hybridized carbons (Fsp3) is 0.389. The standard InChI is InChI=1S/C18H22Cl2N4O3/c1-3-4-5-8-24(11-17(25)22-16-9-12(2)27-23-16)18(26)21-15-7-6-13(19)10-14(15)20/h6-7,9-10H,3-5,8,11H2,1-2H3,(H,21,26)(H,22,23,25). The van der Waals surface area contributed by atoms with Gasteiger partial charge in [0.2, 0.25) is 5.91 Å². The van der Waals surface area contributed by atoms with Gasteiger partial charge in [0, 0.05) is 17.6 Å². The highest BCUT2D eigenvalue weighted by Crippen LogP contribution is 2.25. The van der Waals surface area contributed by atoms with Crippen LogP contribution >= 0.6 is 23.2 Å². The third-order valence-corrected chi connectivity index (χ3v) is 4.27. The Morgan fingerprint density at radius 1 is 1.19 bits per heavy atom. The number of hydrogen-bond acceptors (Lipinski definition) is 4. The smallest absolute Gasteiger partial charge is 0.322 e. The molecule has 2 N–H and O–H groups in total. The Hall–Kier alpha value is -2.25. The number of carbonyl (C=O) groups excluding carboxylic acids is 2. The maximum atomic E-state index is 12.6. The number of aromatic nitrogens is 1. The first-order valence-electron chi connectivity index (χ1n) is 8.63. The van der Waals surface area contributed by atoms with Gasteiger partial charge in [-0.05, 0) is 31.5 Å². The molecule has 0 aliphatic carbocycles. The number of aryl methyl sites for hydroxylation is 1. The molecule has 2 rings (SSSR count). The molecule has 1 heterocycles. The predicted molar refractivity (Wildman–Crippen MR) is 106 cm³/mol. The maximum absolute atomic E-state index is 12.6. The lowest BCUT2D eigenvalue weighted by atomic mass is 10.2. The van der Waals surface area contributed by atoms with Crippen LogP contribution < -0.4 is 10.6 Å². The number of hydrogen-bond donors (Lipinski definition) is 2. The number of amides is 3. The summed E-state index contributed by atoms with van der Waals surface area (Å²) >= 11 is 12.0. The molecule has 146 valence electrons. The molecule has 1 aromatic carbocycles. The highest BCUT2D eigenvalue weighted by molar-refractivity contribution is 6.36. The van der Waals surface area contributed by atoms with E-state index in [-0.39, 0.29) is 12.5 Å². The highest BCUT2D eigenvalue weighted by atomic mass is 35.5. The van der Waals surface area contributed by atoms with Crippen molar-refractivity contribution in [2.24, 2.45) is 0 Å². The van der Waals surface area contributed by atoms with E-state index in [1.165, 1.54) is 4.90 Å². The van der Waals surface area contributed by atoms with Gasteiger partial charge >= 0.3 is 6.03 Å². The number of benzene rings is 1. The minimum Gasteiger partial charge on any atom is -0.360 e. The van der Waals surface area contributed by atoms with Crippen molar-refractivity contribution in [2.45, 2.75) is 33.1 Å². The summed E-state index contributed by atoms with van der Waals surface area (Å²) in [5.41, 5.74) is 0.430. The van der Waals surface area contributed by atoms with Crippen molar-refractivity contribution in [3.05, 3.63) is 40.1 Å². The van der Waals surface area contributed by atoms with Gasteiger partial charge in [0.05, 0.1) is 10.7 Å². The lowest BCUT2D eigenvalue weighted by Crippen LogP contribution is -2.41. The number of urea groups is 1. The lowest BCUT2D eigenvalue weighted by Gasteiger charge is -2.22. The summed E-state index contributed by atoms with van der Waals surface area (Å²) in [5.74, 6) is 0.532. The van der Waals surface area contributed by atoms with Crippen LogP contribution in [0.3, 0.4) is 0 Å². The molecular formula is C18H22Cl2N4O3. The first-order valence-corrected chi connectivity index (χ1v) is 9.38. The van der Waals surface area contributed by atoms with Gasteiger partial charge in [-0.15, -0.1) is 0 Å². The SMILES string of the molecule is CCCCCN(CC(=O)Nc1cc(C)on1)C(=O)Nc1ccc(Cl)cc1Cl. The lowest BCUT2D eigenvalue weighted by molar-refractivity contribution is -0.116. The predicted octanol–water partition coefficient (Wildman–Crippen LogP) is 4.95. The Labute approximate surface area is 168 Å². The number of rotatable bonds is 8. The quantitative estimate of drug-likeness (QED) is 0.600. The summed E-state index contributed by atoms with van der Waals surface area (Å²) in [5, 5.41) is 9.85. The summed E-state index contributed by atoms with van der Waals surface area (Å²) in [6.45, 7) is 4.11. The number of halogens is 2. The van der Waals surface area contributed by atoms with E-state index in [0.29, 0.717) is 33.9 Å². The normalized spacial score (nSPS) is 10.5. The fourth-order valence-electron chi connectivity index (χ4n) is 2.37. The van der Waals surface area contributed by atoms with Gasteiger partial charge in [0.15, 0.2) is 5.82 Å². The van der Waals surface area contributed by atoms with Crippen LogP contribution in [-0.4, -0.2) is 35.1 Å². The van der Waals surface area contributed by atoms with Crippen molar-refractivity contribution >= 4 is 46.6 Å². The van der Waals surface area contributed by atoms with Crippen LogP contribution in [0.5, 0.6) is 0 Å². The fourth-order valence-corrected chi connectivity index (χ4v) is 2.83. The van der Waals surface area contributed by atoms with Crippen molar-refractivity contribution < 1.29 is 14.1 Å². The van der Waals surface area contributed by atoms with Crippen molar-refractivity contribution in [3.63, 3.8) is 0 Å². The average Bonchev–Trinajstić information content (AvgIpc) is 3.01. The molecule has 0 atom stereocenters. The molecule has 27 heavy (non-hydrogen) atoms. The van der Waals surface area contributed by atoms with E-state index in [0.717, 1.165) is 19.3 Å². The van der Waals surface area contributed by atoms with Gasteiger partial charge in [0.1, 0.15) is 12.3 Å². The van der Waals surface area contributed by atoms with Gasteiger partial charge < -0.3 is 20.1 Å². The molecule has 3 amide bonds. The molecule has 0 saturated carbocycles. The van der Waals surface area contributed by atoms with E-state index in [4.69, 9.17) is 27.7 Å². The van der Waals surface area contributed by atoms with E-state index in [1.807, 2.05) is 0 Å². The monoisotopic (exact) mass is 412 g/mol. The van der Waals surface area contributed by atoms with Crippen molar-refractivity contribution in [3.8, 4) is 0 Å². The van der Waals surface area contributed by atoms with Crippen LogP contribution in [0.4, 0.5) is 16.3 Å². The number of carbonyl (C=O) groups is 2. The second-order valence-electron chi connectivity index (χ2n) is 6.05. The first-order chi connectivity index (χ1) is 12.9. The van der Waals surface area contributed by atoms with E-state index < -0.39 is 6.03 Å². The summed E-state index contributed by atoms with van der Waals surface area (Å²) in [6.07, 6.45) is 2.74. The van der Waals surface area contributed by atoms with Crippen LogP contribution in [0.15, 0.2) is 28.8 Å². The van der Waals surface area contributed by atoms with Crippen LogP contribution in [0.25, 0.3) is 0 Å². The molecule has 0 spiro atoms. The van der Waals surface area contributed by atoms with E-state index in [1.54, 1.807) is 31.2 Å². The molecule has 0 saturated heterocycles. The summed E-state index contributed by atoms with van der Waals surface area (Å²) in [7, 11) is 0. The molecule has 0 aliphatic heterocycles. The largest absolute Gasteiger partial charge is 0.360 e. The number of nitrogens with one attached hydrogen (secondary N) is 2. The van der Waals surface area contributed by atoms with Gasteiger partial charge in [-0.1, -0.05) is 48.1 Å². The minimum absolute atomic E-state index is 0.118. The Balaban J connectivity index is 2.02.